The Bertz CT molecular complexity index is 1240. The molecule has 3 rings (SSSR count). The fourth-order valence-electron chi connectivity index (χ4n) is 2.78. The molecule has 3 aromatic rings. The highest BCUT2D eigenvalue weighted by molar-refractivity contribution is 7.16. The van der Waals surface area contributed by atoms with Gasteiger partial charge >= 0.3 is 0 Å². The summed E-state index contributed by atoms with van der Waals surface area (Å²) in [5, 5.41) is 22.8. The predicted molar refractivity (Wildman–Crippen MR) is 116 cm³/mol. The molecule has 0 N–H and O–H groups in total. The number of carbonyl (C=O) groups excluding carboxylic acids is 1. The summed E-state index contributed by atoms with van der Waals surface area (Å²) in [6.45, 7) is 2.95. The maximum absolute atomic E-state index is 12.8. The van der Waals surface area contributed by atoms with E-state index in [1.54, 1.807) is 16.7 Å². The van der Waals surface area contributed by atoms with E-state index in [2.05, 4.69) is 4.99 Å². The molecule has 10 nitrogen and oxygen atoms in total. The normalized spacial score (nSPS) is 11.8. The first-order valence-electron chi connectivity index (χ1n) is 8.81. The molecule has 0 aliphatic carbocycles. The minimum atomic E-state index is -0.870. The van der Waals surface area contributed by atoms with E-state index in [1.165, 1.54) is 0 Å². The molecule has 0 aliphatic rings. The number of benzene rings is 2. The zero-order valence-corrected chi connectivity index (χ0v) is 18.2. The molecule has 0 unspecified atom stereocenters. The van der Waals surface area contributed by atoms with Crippen LogP contribution >= 0.6 is 34.5 Å². The smallest absolute Gasteiger partial charge is 0.280 e. The lowest BCUT2D eigenvalue weighted by Gasteiger charge is -2.07. The molecule has 31 heavy (non-hydrogen) atoms. The summed E-state index contributed by atoms with van der Waals surface area (Å²) in [5.74, 6) is -0.870. The molecule has 0 atom stereocenters. The van der Waals surface area contributed by atoms with Gasteiger partial charge in [0.25, 0.3) is 17.3 Å². The molecule has 162 valence electrons. The average Bonchev–Trinajstić information content (AvgIpc) is 3.08. The summed E-state index contributed by atoms with van der Waals surface area (Å²) >= 11 is 13.6. The second-order valence-corrected chi connectivity index (χ2v) is 7.90. The lowest BCUT2D eigenvalue weighted by Crippen LogP contribution is -2.20. The van der Waals surface area contributed by atoms with Crippen molar-refractivity contribution in [1.82, 2.24) is 4.57 Å². The number of thiazole rings is 1. The lowest BCUT2D eigenvalue weighted by molar-refractivity contribution is -0.394. The van der Waals surface area contributed by atoms with Crippen molar-refractivity contribution in [2.45, 2.75) is 13.5 Å². The summed E-state index contributed by atoms with van der Waals surface area (Å²) in [6, 6.07) is 6.01. The lowest BCUT2D eigenvalue weighted by atomic mass is 10.1. The van der Waals surface area contributed by atoms with Crippen LogP contribution in [0.2, 0.25) is 10.0 Å². The van der Waals surface area contributed by atoms with Gasteiger partial charge < -0.3 is 9.30 Å². The molecular weight excluding hydrogens is 471 g/mol. The van der Waals surface area contributed by atoms with Gasteiger partial charge in [0.05, 0.1) is 48.3 Å². The number of carbonyl (C=O) groups is 1. The maximum Gasteiger partial charge on any atom is 0.280 e. The molecule has 0 radical (unpaired) electrons. The Balaban J connectivity index is 2.17. The molecule has 0 bridgehead atoms. The zero-order valence-electron chi connectivity index (χ0n) is 15.9. The summed E-state index contributed by atoms with van der Waals surface area (Å²) in [4.78, 5) is 37.6. The number of rotatable bonds is 7. The van der Waals surface area contributed by atoms with E-state index < -0.39 is 27.1 Å². The third-order valence-electron chi connectivity index (χ3n) is 4.17. The van der Waals surface area contributed by atoms with E-state index in [-0.39, 0.29) is 15.4 Å². The van der Waals surface area contributed by atoms with Gasteiger partial charge in [0.15, 0.2) is 4.80 Å². The first-order chi connectivity index (χ1) is 14.7. The fraction of sp³-hybridized carbons (Fsp3) is 0.222. The monoisotopic (exact) mass is 484 g/mol. The molecule has 1 heterocycles. The highest BCUT2D eigenvalue weighted by atomic mass is 35.5. The van der Waals surface area contributed by atoms with Gasteiger partial charge in [-0.15, -0.1) is 0 Å². The van der Waals surface area contributed by atoms with Gasteiger partial charge in [0.2, 0.25) is 0 Å². The minimum Gasteiger partial charge on any atom is -0.380 e. The van der Waals surface area contributed by atoms with Crippen molar-refractivity contribution >= 4 is 62.0 Å². The van der Waals surface area contributed by atoms with Gasteiger partial charge in [-0.2, -0.15) is 4.99 Å². The van der Waals surface area contributed by atoms with Crippen molar-refractivity contribution in [2.24, 2.45) is 4.99 Å². The largest absolute Gasteiger partial charge is 0.380 e. The van der Waals surface area contributed by atoms with Crippen molar-refractivity contribution in [3.8, 4) is 0 Å². The van der Waals surface area contributed by atoms with Crippen molar-refractivity contribution in [3.63, 3.8) is 0 Å². The maximum atomic E-state index is 12.8. The van der Waals surface area contributed by atoms with E-state index in [9.17, 15) is 25.0 Å². The van der Waals surface area contributed by atoms with E-state index in [0.29, 0.717) is 35.0 Å². The number of fused-ring (bicyclic) bond motifs is 1. The number of non-ortho nitro benzene ring substituents is 2. The molecule has 0 fully saturated rings. The number of amides is 1. The molecule has 0 spiro atoms. The van der Waals surface area contributed by atoms with Crippen LogP contribution in [0.1, 0.15) is 17.3 Å². The van der Waals surface area contributed by atoms with Crippen molar-refractivity contribution < 1.29 is 19.4 Å². The Hall–Kier alpha value is -2.86. The number of aromatic nitrogens is 1. The van der Waals surface area contributed by atoms with Crippen LogP contribution in [-0.2, 0) is 11.3 Å². The standard InChI is InChI=1S/C18H14Cl2N4O6S/c1-2-30-6-5-22-16-14(4-3-13(19)15(16)20)31-18(22)21-17(25)10-7-11(23(26)27)9-12(8-10)24(28)29/h3-4,7-9H,2,5-6H2,1H3. The number of hydrogen-bond acceptors (Lipinski definition) is 7. The molecule has 2 aromatic carbocycles. The Labute approximate surface area is 188 Å². The minimum absolute atomic E-state index is 0.248. The molecule has 0 saturated carbocycles. The number of nitro groups is 2. The highest BCUT2D eigenvalue weighted by Gasteiger charge is 2.20. The molecule has 0 saturated heterocycles. The van der Waals surface area contributed by atoms with Crippen LogP contribution in [0.15, 0.2) is 35.3 Å². The molecule has 13 heteroatoms. The second kappa shape index (κ2) is 9.52. The Morgan fingerprint density at radius 3 is 2.39 bits per heavy atom. The number of nitro benzene ring substituents is 2. The van der Waals surface area contributed by atoms with Crippen LogP contribution in [-0.4, -0.2) is 33.5 Å². The number of ether oxygens (including phenoxy) is 1. The Kier molecular flexibility index (Phi) is 7.01. The number of nitrogens with zero attached hydrogens (tertiary/aromatic N) is 4. The van der Waals surface area contributed by atoms with Crippen LogP contribution in [0, 0.1) is 20.2 Å². The van der Waals surface area contributed by atoms with Gasteiger partial charge in [-0.25, -0.2) is 0 Å². The zero-order chi connectivity index (χ0) is 22.7. The molecular formula is C18H14Cl2N4O6S. The summed E-state index contributed by atoms with van der Waals surface area (Å²) < 4.78 is 7.76. The summed E-state index contributed by atoms with van der Waals surface area (Å²) in [6.07, 6.45) is 0. The summed E-state index contributed by atoms with van der Waals surface area (Å²) in [5.41, 5.74) is -0.874. The fourth-order valence-corrected chi connectivity index (χ4v) is 4.32. The summed E-state index contributed by atoms with van der Waals surface area (Å²) in [7, 11) is 0. The number of halogens is 2. The van der Waals surface area contributed by atoms with Gasteiger partial charge in [-0.1, -0.05) is 34.5 Å². The SMILES string of the molecule is CCOCCn1c(=NC(=O)c2cc([N+](=O)[O-])cc([N+](=O)[O-])c2)sc2ccc(Cl)c(Cl)c21. The van der Waals surface area contributed by atoms with Gasteiger partial charge in [0, 0.05) is 25.3 Å². The first kappa shape index (κ1) is 22.8. The van der Waals surface area contributed by atoms with Gasteiger partial charge in [-0.05, 0) is 19.1 Å². The topological polar surface area (TPSA) is 130 Å². The van der Waals surface area contributed by atoms with Crippen molar-refractivity contribution in [1.29, 1.82) is 0 Å². The van der Waals surface area contributed by atoms with Crippen LogP contribution in [0.5, 0.6) is 0 Å². The quantitative estimate of drug-likeness (QED) is 0.273. The Morgan fingerprint density at radius 2 is 1.81 bits per heavy atom. The van der Waals surface area contributed by atoms with Crippen molar-refractivity contribution in [3.05, 3.63) is 71.0 Å². The highest BCUT2D eigenvalue weighted by Crippen LogP contribution is 2.32. The Morgan fingerprint density at radius 1 is 1.16 bits per heavy atom. The van der Waals surface area contributed by atoms with Gasteiger partial charge in [0.1, 0.15) is 0 Å². The molecule has 0 aliphatic heterocycles. The predicted octanol–water partition coefficient (Wildman–Crippen LogP) is 4.60. The second-order valence-electron chi connectivity index (χ2n) is 6.11. The van der Waals surface area contributed by atoms with Crippen LogP contribution in [0.3, 0.4) is 0 Å². The van der Waals surface area contributed by atoms with Crippen LogP contribution in [0.4, 0.5) is 11.4 Å². The number of hydrogen-bond donors (Lipinski definition) is 0. The van der Waals surface area contributed by atoms with E-state index in [1.807, 2.05) is 6.92 Å². The first-order valence-corrected chi connectivity index (χ1v) is 10.4. The van der Waals surface area contributed by atoms with E-state index in [0.717, 1.165) is 29.5 Å². The van der Waals surface area contributed by atoms with Gasteiger partial charge in [-0.3, -0.25) is 25.0 Å². The average molecular weight is 485 g/mol. The van der Waals surface area contributed by atoms with Crippen molar-refractivity contribution in [2.75, 3.05) is 13.2 Å². The van der Waals surface area contributed by atoms with E-state index in [4.69, 9.17) is 27.9 Å². The van der Waals surface area contributed by atoms with Crippen LogP contribution < -0.4 is 4.80 Å². The third kappa shape index (κ3) is 4.90. The van der Waals surface area contributed by atoms with Crippen LogP contribution in [0.25, 0.3) is 10.2 Å². The molecule has 1 aromatic heterocycles. The molecule has 1 amide bonds. The third-order valence-corrected chi connectivity index (χ3v) is 6.00. The van der Waals surface area contributed by atoms with E-state index >= 15 is 0 Å².